The number of carbonyl (C=O) groups excluding carboxylic acids is 1. The van der Waals surface area contributed by atoms with Crippen molar-refractivity contribution in [3.05, 3.63) is 70.5 Å². The summed E-state index contributed by atoms with van der Waals surface area (Å²) in [4.78, 5) is 13.9. The van der Waals surface area contributed by atoms with Crippen LogP contribution in [0.1, 0.15) is 24.1 Å². The van der Waals surface area contributed by atoms with Crippen molar-refractivity contribution < 1.29 is 9.18 Å². The van der Waals surface area contributed by atoms with Crippen molar-refractivity contribution in [1.82, 2.24) is 4.90 Å². The maximum atomic E-state index is 13.6. The topological polar surface area (TPSA) is 20.3 Å². The summed E-state index contributed by atoms with van der Waals surface area (Å²) in [7, 11) is 1.72. The smallest absolute Gasteiger partial charge is 0.227 e. The lowest BCUT2D eigenvalue weighted by Crippen LogP contribution is -2.31. The van der Waals surface area contributed by atoms with Crippen LogP contribution < -0.4 is 0 Å². The van der Waals surface area contributed by atoms with E-state index in [1.54, 1.807) is 36.2 Å². The van der Waals surface area contributed by atoms with E-state index in [0.29, 0.717) is 10.6 Å². The quantitative estimate of drug-likeness (QED) is 0.827. The molecule has 4 heteroatoms. The summed E-state index contributed by atoms with van der Waals surface area (Å²) in [6, 6.07) is 13.6. The lowest BCUT2D eigenvalue weighted by molar-refractivity contribution is -0.131. The molecule has 0 N–H and O–H groups in total. The predicted octanol–water partition coefficient (Wildman–Crippen LogP) is 4.24. The van der Waals surface area contributed by atoms with Crippen molar-refractivity contribution in [2.24, 2.45) is 0 Å². The zero-order valence-corrected chi connectivity index (χ0v) is 12.8. The molecule has 1 amide bonds. The zero-order valence-electron chi connectivity index (χ0n) is 12.0. The Morgan fingerprint density at radius 2 is 1.95 bits per heavy atom. The van der Waals surface area contributed by atoms with E-state index in [0.717, 1.165) is 5.56 Å². The molecule has 0 aliphatic rings. The van der Waals surface area contributed by atoms with Crippen LogP contribution in [-0.4, -0.2) is 17.9 Å². The number of benzene rings is 2. The molecular formula is C17H17ClFNO. The molecule has 21 heavy (non-hydrogen) atoms. The fourth-order valence-corrected chi connectivity index (χ4v) is 2.33. The first kappa shape index (κ1) is 15.5. The van der Waals surface area contributed by atoms with Crippen LogP contribution in [0.15, 0.2) is 48.5 Å². The van der Waals surface area contributed by atoms with Crippen molar-refractivity contribution in [2.45, 2.75) is 19.4 Å². The molecule has 0 heterocycles. The van der Waals surface area contributed by atoms with Gasteiger partial charge in [0.1, 0.15) is 5.82 Å². The monoisotopic (exact) mass is 305 g/mol. The molecule has 0 saturated carbocycles. The highest BCUT2D eigenvalue weighted by molar-refractivity contribution is 6.30. The lowest BCUT2D eigenvalue weighted by atomic mass is 10.1. The first-order valence-corrected chi connectivity index (χ1v) is 7.11. The second-order valence-electron chi connectivity index (χ2n) is 5.00. The molecule has 0 spiro atoms. The Morgan fingerprint density at radius 3 is 2.62 bits per heavy atom. The van der Waals surface area contributed by atoms with Crippen LogP contribution in [-0.2, 0) is 11.2 Å². The van der Waals surface area contributed by atoms with Gasteiger partial charge in [-0.25, -0.2) is 4.39 Å². The third-order valence-electron chi connectivity index (χ3n) is 3.60. The van der Waals surface area contributed by atoms with Gasteiger partial charge in [0.2, 0.25) is 5.91 Å². The highest BCUT2D eigenvalue weighted by Crippen LogP contribution is 2.22. The number of nitrogens with zero attached hydrogens (tertiary/aromatic N) is 1. The van der Waals surface area contributed by atoms with Crippen LogP contribution >= 0.6 is 11.6 Å². The fraction of sp³-hybridized carbons (Fsp3) is 0.235. The van der Waals surface area contributed by atoms with Crippen LogP contribution in [0.3, 0.4) is 0 Å². The summed E-state index contributed by atoms with van der Waals surface area (Å²) >= 11 is 5.97. The van der Waals surface area contributed by atoms with Gasteiger partial charge in [-0.3, -0.25) is 4.79 Å². The van der Waals surface area contributed by atoms with Gasteiger partial charge in [-0.1, -0.05) is 41.9 Å². The number of carbonyl (C=O) groups is 1. The largest absolute Gasteiger partial charge is 0.339 e. The normalized spacial score (nSPS) is 12.0. The first-order chi connectivity index (χ1) is 9.99. The Morgan fingerprint density at radius 1 is 1.24 bits per heavy atom. The molecule has 0 bridgehead atoms. The Labute approximate surface area is 129 Å². The van der Waals surface area contributed by atoms with E-state index < -0.39 is 0 Å². The van der Waals surface area contributed by atoms with Gasteiger partial charge in [-0.05, 0) is 36.2 Å². The molecule has 2 aromatic rings. The zero-order chi connectivity index (χ0) is 15.4. The van der Waals surface area contributed by atoms with Crippen molar-refractivity contribution >= 4 is 17.5 Å². The molecule has 1 unspecified atom stereocenters. The van der Waals surface area contributed by atoms with E-state index in [-0.39, 0.29) is 24.2 Å². The van der Waals surface area contributed by atoms with Gasteiger partial charge in [0.05, 0.1) is 12.5 Å². The molecule has 0 aliphatic heterocycles. The first-order valence-electron chi connectivity index (χ1n) is 6.73. The number of hydrogen-bond donors (Lipinski definition) is 0. The van der Waals surface area contributed by atoms with Gasteiger partial charge in [-0.15, -0.1) is 0 Å². The maximum Gasteiger partial charge on any atom is 0.227 e. The molecule has 2 aromatic carbocycles. The molecule has 110 valence electrons. The van der Waals surface area contributed by atoms with E-state index in [9.17, 15) is 9.18 Å². The van der Waals surface area contributed by atoms with Gasteiger partial charge in [0, 0.05) is 12.1 Å². The van der Waals surface area contributed by atoms with Gasteiger partial charge >= 0.3 is 0 Å². The summed E-state index contributed by atoms with van der Waals surface area (Å²) in [6.45, 7) is 1.92. The van der Waals surface area contributed by atoms with Crippen molar-refractivity contribution in [3.8, 4) is 0 Å². The molecule has 2 rings (SSSR count). The minimum Gasteiger partial charge on any atom is -0.339 e. The molecule has 2 nitrogen and oxygen atoms in total. The third-order valence-corrected chi connectivity index (χ3v) is 3.84. The van der Waals surface area contributed by atoms with Crippen LogP contribution in [0.4, 0.5) is 4.39 Å². The number of amides is 1. The summed E-state index contributed by atoms with van der Waals surface area (Å²) < 4.78 is 13.6. The molecular weight excluding hydrogens is 289 g/mol. The third kappa shape index (κ3) is 3.82. The number of likely N-dealkylation sites (N-methyl/N-ethyl adjacent to an activating group) is 1. The highest BCUT2D eigenvalue weighted by Gasteiger charge is 2.18. The van der Waals surface area contributed by atoms with E-state index in [1.807, 2.05) is 25.1 Å². The van der Waals surface area contributed by atoms with Crippen LogP contribution in [0.25, 0.3) is 0 Å². The molecule has 1 atom stereocenters. The van der Waals surface area contributed by atoms with E-state index in [1.165, 1.54) is 6.07 Å². The molecule has 0 saturated heterocycles. The number of halogens is 2. The maximum absolute atomic E-state index is 13.6. The van der Waals surface area contributed by atoms with E-state index >= 15 is 0 Å². The second-order valence-corrected chi connectivity index (χ2v) is 5.44. The molecule has 0 fully saturated rings. The Kier molecular flexibility index (Phi) is 4.97. The van der Waals surface area contributed by atoms with Crippen LogP contribution in [0.5, 0.6) is 0 Å². The number of hydrogen-bond acceptors (Lipinski definition) is 1. The lowest BCUT2D eigenvalue weighted by Gasteiger charge is -2.25. The summed E-state index contributed by atoms with van der Waals surface area (Å²) in [5.41, 5.74) is 1.36. The fourth-order valence-electron chi connectivity index (χ4n) is 2.14. The number of rotatable bonds is 4. The van der Waals surface area contributed by atoms with Gasteiger partial charge in [0.25, 0.3) is 0 Å². The SMILES string of the molecule is CC(c1cccc(Cl)c1)N(C)C(=O)Cc1ccccc1F. The summed E-state index contributed by atoms with van der Waals surface area (Å²) in [5, 5.41) is 0.634. The van der Waals surface area contributed by atoms with Crippen molar-refractivity contribution in [3.63, 3.8) is 0 Å². The van der Waals surface area contributed by atoms with Gasteiger partial charge in [-0.2, -0.15) is 0 Å². The molecule has 0 radical (unpaired) electrons. The Balaban J connectivity index is 2.10. The van der Waals surface area contributed by atoms with E-state index in [2.05, 4.69) is 0 Å². The van der Waals surface area contributed by atoms with Crippen molar-refractivity contribution in [1.29, 1.82) is 0 Å². The average molecular weight is 306 g/mol. The summed E-state index contributed by atoms with van der Waals surface area (Å²) in [5.74, 6) is -0.484. The van der Waals surface area contributed by atoms with Gasteiger partial charge in [0.15, 0.2) is 0 Å². The Hall–Kier alpha value is -1.87. The molecule has 0 aliphatic carbocycles. The average Bonchev–Trinajstić information content (AvgIpc) is 2.48. The highest BCUT2D eigenvalue weighted by atomic mass is 35.5. The Bertz CT molecular complexity index is 644. The van der Waals surface area contributed by atoms with E-state index in [4.69, 9.17) is 11.6 Å². The van der Waals surface area contributed by atoms with Crippen LogP contribution in [0, 0.1) is 5.82 Å². The minimum atomic E-state index is -0.352. The minimum absolute atomic E-state index is 0.0497. The molecule has 0 aromatic heterocycles. The summed E-state index contributed by atoms with van der Waals surface area (Å²) in [6.07, 6.45) is 0.0497. The predicted molar refractivity (Wildman–Crippen MR) is 82.7 cm³/mol. The van der Waals surface area contributed by atoms with Crippen molar-refractivity contribution in [2.75, 3.05) is 7.05 Å². The van der Waals surface area contributed by atoms with Crippen LogP contribution in [0.2, 0.25) is 5.02 Å². The van der Waals surface area contributed by atoms with Gasteiger partial charge < -0.3 is 4.90 Å². The standard InChI is InChI=1S/C17H17ClFNO/c1-12(13-7-5-8-15(18)10-13)20(2)17(21)11-14-6-3-4-9-16(14)19/h3-10,12H,11H2,1-2H3. The second kappa shape index (κ2) is 6.72.